The van der Waals surface area contributed by atoms with Crippen LogP contribution in [-0.2, 0) is 4.79 Å². The summed E-state index contributed by atoms with van der Waals surface area (Å²) in [4.78, 5) is 14.5. The van der Waals surface area contributed by atoms with Crippen LogP contribution in [0.25, 0.3) is 0 Å². The number of oxime groups is 1. The molecule has 4 N–H and O–H groups in total. The van der Waals surface area contributed by atoms with E-state index in [-0.39, 0.29) is 11.7 Å². The van der Waals surface area contributed by atoms with Crippen LogP contribution in [-0.4, -0.2) is 48.0 Å². The highest BCUT2D eigenvalue weighted by Gasteiger charge is 2.51. The van der Waals surface area contributed by atoms with Crippen molar-refractivity contribution in [2.75, 3.05) is 20.1 Å². The smallest absolute Gasteiger partial charge is 0.233 e. The van der Waals surface area contributed by atoms with Crippen LogP contribution in [0.4, 0.5) is 0 Å². The number of nitrogens with one attached hydrogen (secondary N) is 1. The molecule has 116 valence electrons. The average molecular weight is 284 g/mol. The Kier molecular flexibility index (Phi) is 5.80. The van der Waals surface area contributed by atoms with Crippen LogP contribution in [0.3, 0.4) is 0 Å². The Balaban J connectivity index is 2.42. The highest BCUT2D eigenvalue weighted by Crippen LogP contribution is 2.45. The predicted octanol–water partition coefficient (Wildman–Crippen LogP) is 0.996. The molecule has 6 heteroatoms. The molecular formula is C14H28N4O2. The molecule has 1 aliphatic carbocycles. The van der Waals surface area contributed by atoms with Gasteiger partial charge in [0.15, 0.2) is 5.84 Å². The fourth-order valence-electron chi connectivity index (χ4n) is 2.69. The van der Waals surface area contributed by atoms with Gasteiger partial charge in [-0.15, -0.1) is 0 Å². The molecule has 1 aliphatic rings. The zero-order valence-electron chi connectivity index (χ0n) is 13.0. The van der Waals surface area contributed by atoms with Crippen molar-refractivity contribution in [3.8, 4) is 0 Å². The number of hydrogen-bond donors (Lipinski definition) is 3. The lowest BCUT2D eigenvalue weighted by Crippen LogP contribution is -2.57. The Morgan fingerprint density at radius 1 is 1.55 bits per heavy atom. The van der Waals surface area contributed by atoms with E-state index in [9.17, 15) is 4.79 Å². The van der Waals surface area contributed by atoms with Crippen molar-refractivity contribution in [3.63, 3.8) is 0 Å². The molecule has 1 saturated carbocycles. The standard InChI is InChI=1S/C14H28N4O2/c1-10(2)18(4)7-5-6-16-13(19)14(12(15)17-20)8-11(3)9-14/h10-11,20H,5-9H2,1-4H3,(H2,15,17)(H,16,19). The first-order valence-electron chi connectivity index (χ1n) is 7.30. The number of hydrogen-bond acceptors (Lipinski definition) is 4. The maximum atomic E-state index is 12.3. The van der Waals surface area contributed by atoms with E-state index in [1.165, 1.54) is 0 Å². The Morgan fingerprint density at radius 3 is 2.60 bits per heavy atom. The number of amidine groups is 1. The third kappa shape index (κ3) is 3.62. The number of nitrogens with two attached hydrogens (primary N) is 1. The molecule has 6 nitrogen and oxygen atoms in total. The number of rotatable bonds is 7. The lowest BCUT2D eigenvalue weighted by Gasteiger charge is -2.43. The molecule has 0 radical (unpaired) electrons. The third-order valence-electron chi connectivity index (χ3n) is 4.28. The summed E-state index contributed by atoms with van der Waals surface area (Å²) >= 11 is 0. The highest BCUT2D eigenvalue weighted by atomic mass is 16.4. The fraction of sp³-hybridized carbons (Fsp3) is 0.857. The van der Waals surface area contributed by atoms with Crippen molar-refractivity contribution in [2.24, 2.45) is 22.2 Å². The van der Waals surface area contributed by atoms with Gasteiger partial charge < -0.3 is 21.2 Å². The van der Waals surface area contributed by atoms with Gasteiger partial charge in [0.05, 0.1) is 0 Å². The Morgan fingerprint density at radius 2 is 2.15 bits per heavy atom. The summed E-state index contributed by atoms with van der Waals surface area (Å²) in [6, 6.07) is 0.502. The number of nitrogens with zero attached hydrogens (tertiary/aromatic N) is 2. The molecule has 0 atom stereocenters. The maximum Gasteiger partial charge on any atom is 0.233 e. The minimum absolute atomic E-state index is 0.0346. The van der Waals surface area contributed by atoms with Crippen LogP contribution in [0.2, 0.25) is 0 Å². The van der Waals surface area contributed by atoms with Crippen LogP contribution in [0, 0.1) is 11.3 Å². The van der Waals surface area contributed by atoms with Gasteiger partial charge in [0, 0.05) is 12.6 Å². The lowest BCUT2D eigenvalue weighted by molar-refractivity contribution is -0.133. The largest absolute Gasteiger partial charge is 0.409 e. The Bertz CT molecular complexity index is 362. The molecule has 0 saturated heterocycles. The van der Waals surface area contributed by atoms with Crippen LogP contribution in [0.5, 0.6) is 0 Å². The Hall–Kier alpha value is -1.30. The van der Waals surface area contributed by atoms with Crippen LogP contribution in [0.1, 0.15) is 40.0 Å². The second kappa shape index (κ2) is 6.92. The van der Waals surface area contributed by atoms with Crippen molar-refractivity contribution < 1.29 is 10.0 Å². The first-order chi connectivity index (χ1) is 9.33. The summed E-state index contributed by atoms with van der Waals surface area (Å²) in [6.45, 7) is 7.90. The van der Waals surface area contributed by atoms with Gasteiger partial charge in [0.2, 0.25) is 5.91 Å². The Labute approximate surface area is 121 Å². The van der Waals surface area contributed by atoms with Gasteiger partial charge in [-0.05, 0) is 52.6 Å². The third-order valence-corrected chi connectivity index (χ3v) is 4.28. The molecule has 1 fully saturated rings. The molecule has 0 bridgehead atoms. The fourth-order valence-corrected chi connectivity index (χ4v) is 2.69. The summed E-state index contributed by atoms with van der Waals surface area (Å²) in [6.07, 6.45) is 2.20. The molecule has 0 aromatic rings. The SMILES string of the molecule is CC1CC(C(=O)NCCCN(C)C(C)C)(C(N)=NO)C1. The molecule has 0 spiro atoms. The van der Waals surface area contributed by atoms with Gasteiger partial charge in [-0.2, -0.15) is 0 Å². The second-order valence-electron chi connectivity index (χ2n) is 6.26. The number of carbonyl (C=O) groups is 1. The molecule has 0 unspecified atom stereocenters. The molecule has 1 amide bonds. The zero-order valence-corrected chi connectivity index (χ0v) is 13.0. The topological polar surface area (TPSA) is 91.0 Å². The zero-order chi connectivity index (χ0) is 15.3. The molecule has 0 aliphatic heterocycles. The van der Waals surface area contributed by atoms with E-state index in [1.54, 1.807) is 0 Å². The van der Waals surface area contributed by atoms with E-state index in [1.807, 2.05) is 0 Å². The number of carbonyl (C=O) groups excluding carboxylic acids is 1. The molecule has 1 rings (SSSR count). The first kappa shape index (κ1) is 16.8. The number of amides is 1. The van der Waals surface area contributed by atoms with Crippen molar-refractivity contribution in [3.05, 3.63) is 0 Å². The van der Waals surface area contributed by atoms with E-state index in [0.717, 1.165) is 13.0 Å². The molecular weight excluding hydrogens is 256 g/mol. The summed E-state index contributed by atoms with van der Waals surface area (Å²) < 4.78 is 0. The molecule has 0 aromatic heterocycles. The first-order valence-corrected chi connectivity index (χ1v) is 7.30. The van der Waals surface area contributed by atoms with Crippen molar-refractivity contribution in [1.29, 1.82) is 0 Å². The van der Waals surface area contributed by atoms with E-state index < -0.39 is 5.41 Å². The van der Waals surface area contributed by atoms with Crippen molar-refractivity contribution >= 4 is 11.7 Å². The minimum atomic E-state index is -0.794. The maximum absolute atomic E-state index is 12.3. The monoisotopic (exact) mass is 284 g/mol. The van der Waals surface area contributed by atoms with Gasteiger partial charge in [0.1, 0.15) is 5.41 Å². The highest BCUT2D eigenvalue weighted by molar-refractivity contribution is 6.07. The predicted molar refractivity (Wildman–Crippen MR) is 79.6 cm³/mol. The van der Waals surface area contributed by atoms with E-state index in [0.29, 0.717) is 31.3 Å². The van der Waals surface area contributed by atoms with E-state index in [2.05, 4.69) is 43.2 Å². The van der Waals surface area contributed by atoms with Crippen LogP contribution < -0.4 is 11.1 Å². The quantitative estimate of drug-likeness (QED) is 0.214. The van der Waals surface area contributed by atoms with Crippen molar-refractivity contribution in [2.45, 2.75) is 46.1 Å². The summed E-state index contributed by atoms with van der Waals surface area (Å²) in [5.74, 6) is 0.360. The minimum Gasteiger partial charge on any atom is -0.409 e. The lowest BCUT2D eigenvalue weighted by atomic mass is 9.61. The summed E-state index contributed by atoms with van der Waals surface area (Å²) in [7, 11) is 2.07. The van der Waals surface area contributed by atoms with Crippen LogP contribution >= 0.6 is 0 Å². The molecule has 20 heavy (non-hydrogen) atoms. The normalized spacial score (nSPS) is 26.7. The van der Waals surface area contributed by atoms with Crippen LogP contribution in [0.15, 0.2) is 5.16 Å². The second-order valence-corrected chi connectivity index (χ2v) is 6.26. The van der Waals surface area contributed by atoms with E-state index in [4.69, 9.17) is 10.9 Å². The average Bonchev–Trinajstić information content (AvgIpc) is 2.37. The van der Waals surface area contributed by atoms with Gasteiger partial charge in [-0.25, -0.2) is 0 Å². The molecule has 0 aromatic carbocycles. The van der Waals surface area contributed by atoms with Crippen molar-refractivity contribution in [1.82, 2.24) is 10.2 Å². The van der Waals surface area contributed by atoms with Gasteiger partial charge in [0.25, 0.3) is 0 Å². The van der Waals surface area contributed by atoms with E-state index >= 15 is 0 Å². The molecule has 0 heterocycles. The van der Waals surface area contributed by atoms with Gasteiger partial charge in [-0.1, -0.05) is 12.1 Å². The van der Waals surface area contributed by atoms with Gasteiger partial charge >= 0.3 is 0 Å². The summed E-state index contributed by atoms with van der Waals surface area (Å²) in [5.41, 5.74) is 4.91. The summed E-state index contributed by atoms with van der Waals surface area (Å²) in [5, 5.41) is 14.8. The van der Waals surface area contributed by atoms with Gasteiger partial charge in [-0.3, -0.25) is 4.79 Å².